The van der Waals surface area contributed by atoms with Crippen molar-refractivity contribution in [3.05, 3.63) is 29.8 Å². The number of aliphatic hydroxyl groups is 1. The maximum atomic E-state index is 11.8. The first-order valence-electron chi connectivity index (χ1n) is 6.40. The fraction of sp³-hybridized carbons (Fsp3) is 0.538. The van der Waals surface area contributed by atoms with Gasteiger partial charge in [-0.25, -0.2) is 0 Å². The molecule has 0 fully saturated rings. The third kappa shape index (κ3) is 6.56. The van der Waals surface area contributed by atoms with Gasteiger partial charge in [0.05, 0.1) is 5.69 Å². The van der Waals surface area contributed by atoms with Crippen LogP contribution in [0, 0.1) is 5.92 Å². The Labute approximate surface area is 115 Å². The quantitative estimate of drug-likeness (QED) is 0.678. The Morgan fingerprint density at radius 2 is 2.05 bits per heavy atom. The van der Waals surface area contributed by atoms with E-state index in [0.29, 0.717) is 18.7 Å². The van der Waals surface area contributed by atoms with Gasteiger partial charge in [-0.05, 0) is 36.5 Å². The SMILES string of the molecule is CC(C)CNS(=O)(=O)Nc1cccc(CCCO)c1. The van der Waals surface area contributed by atoms with Crippen LogP contribution in [0.4, 0.5) is 5.69 Å². The lowest BCUT2D eigenvalue weighted by molar-refractivity contribution is 0.288. The summed E-state index contributed by atoms with van der Waals surface area (Å²) >= 11 is 0. The second-order valence-electron chi connectivity index (χ2n) is 4.88. The lowest BCUT2D eigenvalue weighted by atomic mass is 10.1. The number of rotatable bonds is 8. The van der Waals surface area contributed by atoms with Crippen molar-refractivity contribution in [1.29, 1.82) is 0 Å². The second-order valence-corrected chi connectivity index (χ2v) is 6.38. The highest BCUT2D eigenvalue weighted by atomic mass is 32.2. The molecule has 6 heteroatoms. The van der Waals surface area contributed by atoms with Crippen molar-refractivity contribution >= 4 is 15.9 Å². The van der Waals surface area contributed by atoms with E-state index in [1.54, 1.807) is 18.2 Å². The highest BCUT2D eigenvalue weighted by molar-refractivity contribution is 7.90. The minimum atomic E-state index is -3.52. The van der Waals surface area contributed by atoms with E-state index < -0.39 is 10.2 Å². The van der Waals surface area contributed by atoms with Crippen molar-refractivity contribution < 1.29 is 13.5 Å². The first-order valence-corrected chi connectivity index (χ1v) is 7.88. The standard InChI is InChI=1S/C13H22N2O3S/c1-11(2)10-14-19(17,18)15-13-7-3-5-12(9-13)6-4-8-16/h3,5,7,9,11,14-16H,4,6,8,10H2,1-2H3. The molecule has 0 unspecified atom stereocenters. The topological polar surface area (TPSA) is 78.4 Å². The molecule has 0 spiro atoms. The first-order chi connectivity index (χ1) is 8.93. The fourth-order valence-electron chi connectivity index (χ4n) is 1.54. The molecule has 0 amide bonds. The summed E-state index contributed by atoms with van der Waals surface area (Å²) in [5, 5.41) is 8.78. The predicted molar refractivity (Wildman–Crippen MR) is 77.2 cm³/mol. The molecular formula is C13H22N2O3S. The summed E-state index contributed by atoms with van der Waals surface area (Å²) in [7, 11) is -3.52. The van der Waals surface area contributed by atoms with Gasteiger partial charge in [-0.15, -0.1) is 0 Å². The van der Waals surface area contributed by atoms with Gasteiger partial charge in [0.1, 0.15) is 0 Å². The number of hydrogen-bond acceptors (Lipinski definition) is 3. The Morgan fingerprint density at radius 3 is 2.68 bits per heavy atom. The molecule has 0 saturated heterocycles. The molecule has 0 aliphatic heterocycles. The Bertz CT molecular complexity index is 486. The average molecular weight is 286 g/mol. The van der Waals surface area contributed by atoms with E-state index in [4.69, 9.17) is 5.11 Å². The fourth-order valence-corrected chi connectivity index (χ4v) is 2.60. The third-order valence-electron chi connectivity index (χ3n) is 2.48. The highest BCUT2D eigenvalue weighted by Gasteiger charge is 2.10. The van der Waals surface area contributed by atoms with Gasteiger partial charge in [-0.2, -0.15) is 13.1 Å². The molecule has 1 aromatic rings. The van der Waals surface area contributed by atoms with Crippen LogP contribution in [0.1, 0.15) is 25.8 Å². The monoisotopic (exact) mass is 286 g/mol. The minimum absolute atomic E-state index is 0.131. The van der Waals surface area contributed by atoms with Crippen LogP contribution < -0.4 is 9.44 Å². The van der Waals surface area contributed by atoms with Gasteiger partial charge in [0.25, 0.3) is 10.2 Å². The molecule has 108 valence electrons. The molecule has 1 aromatic carbocycles. The molecule has 19 heavy (non-hydrogen) atoms. The summed E-state index contributed by atoms with van der Waals surface area (Å²) in [4.78, 5) is 0. The molecule has 0 bridgehead atoms. The van der Waals surface area contributed by atoms with Crippen LogP contribution in [0.2, 0.25) is 0 Å². The molecule has 5 nitrogen and oxygen atoms in total. The summed E-state index contributed by atoms with van der Waals surface area (Å²) in [5.41, 5.74) is 1.53. The van der Waals surface area contributed by atoms with E-state index in [2.05, 4.69) is 9.44 Å². The first kappa shape index (κ1) is 15.9. The number of anilines is 1. The zero-order chi connectivity index (χ0) is 14.3. The number of nitrogens with one attached hydrogen (secondary N) is 2. The normalized spacial score (nSPS) is 11.8. The second kappa shape index (κ2) is 7.47. The van der Waals surface area contributed by atoms with Crippen molar-refractivity contribution in [2.45, 2.75) is 26.7 Å². The average Bonchev–Trinajstić information content (AvgIpc) is 2.34. The highest BCUT2D eigenvalue weighted by Crippen LogP contribution is 2.13. The molecule has 0 aromatic heterocycles. The Balaban J connectivity index is 2.65. The van der Waals surface area contributed by atoms with E-state index >= 15 is 0 Å². The molecule has 0 saturated carbocycles. The van der Waals surface area contributed by atoms with E-state index in [1.807, 2.05) is 19.9 Å². The van der Waals surface area contributed by atoms with Crippen molar-refractivity contribution in [1.82, 2.24) is 4.72 Å². The summed E-state index contributed by atoms with van der Waals surface area (Å²) in [6.07, 6.45) is 1.40. The van der Waals surface area contributed by atoms with E-state index in [9.17, 15) is 8.42 Å². The van der Waals surface area contributed by atoms with Crippen LogP contribution >= 0.6 is 0 Å². The zero-order valence-corrected chi connectivity index (χ0v) is 12.2. The van der Waals surface area contributed by atoms with Crippen molar-refractivity contribution in [3.8, 4) is 0 Å². The number of aliphatic hydroxyl groups excluding tert-OH is 1. The van der Waals surface area contributed by atoms with Gasteiger partial charge < -0.3 is 5.11 Å². The Kier molecular flexibility index (Phi) is 6.27. The smallest absolute Gasteiger partial charge is 0.299 e. The molecule has 0 atom stereocenters. The Hall–Kier alpha value is -1.11. The van der Waals surface area contributed by atoms with Crippen molar-refractivity contribution in [3.63, 3.8) is 0 Å². The van der Waals surface area contributed by atoms with Crippen LogP contribution in [-0.2, 0) is 16.6 Å². The molecule has 3 N–H and O–H groups in total. The third-order valence-corrected chi connectivity index (χ3v) is 3.54. The van der Waals surface area contributed by atoms with Gasteiger partial charge in [-0.1, -0.05) is 26.0 Å². The van der Waals surface area contributed by atoms with Crippen molar-refractivity contribution in [2.24, 2.45) is 5.92 Å². The van der Waals surface area contributed by atoms with Crippen LogP contribution in [0.15, 0.2) is 24.3 Å². The predicted octanol–water partition coefficient (Wildman–Crippen LogP) is 1.51. The van der Waals surface area contributed by atoms with E-state index in [1.165, 1.54) is 0 Å². The van der Waals surface area contributed by atoms with Crippen LogP contribution in [0.5, 0.6) is 0 Å². The maximum Gasteiger partial charge on any atom is 0.299 e. The summed E-state index contributed by atoms with van der Waals surface area (Å²) < 4.78 is 28.5. The van der Waals surface area contributed by atoms with E-state index in [0.717, 1.165) is 12.0 Å². The van der Waals surface area contributed by atoms with Gasteiger partial charge in [0, 0.05) is 13.2 Å². The number of aryl methyl sites for hydroxylation is 1. The summed E-state index contributed by atoms with van der Waals surface area (Å²) in [5.74, 6) is 0.257. The van der Waals surface area contributed by atoms with Gasteiger partial charge in [0.15, 0.2) is 0 Å². The van der Waals surface area contributed by atoms with Gasteiger partial charge >= 0.3 is 0 Å². The molecule has 0 aliphatic carbocycles. The minimum Gasteiger partial charge on any atom is -0.396 e. The molecule has 0 radical (unpaired) electrons. The van der Waals surface area contributed by atoms with Crippen LogP contribution in [0.3, 0.4) is 0 Å². The lowest BCUT2D eigenvalue weighted by Crippen LogP contribution is -2.32. The number of benzene rings is 1. The lowest BCUT2D eigenvalue weighted by Gasteiger charge is -2.11. The molecule has 0 aliphatic rings. The van der Waals surface area contributed by atoms with Gasteiger partial charge in [0.2, 0.25) is 0 Å². The zero-order valence-electron chi connectivity index (χ0n) is 11.4. The van der Waals surface area contributed by atoms with Crippen LogP contribution in [0.25, 0.3) is 0 Å². The van der Waals surface area contributed by atoms with Crippen LogP contribution in [-0.4, -0.2) is 26.7 Å². The summed E-state index contributed by atoms with van der Waals surface area (Å²) in [6, 6.07) is 7.20. The van der Waals surface area contributed by atoms with Gasteiger partial charge in [-0.3, -0.25) is 4.72 Å². The summed E-state index contributed by atoms with van der Waals surface area (Å²) in [6.45, 7) is 4.42. The largest absolute Gasteiger partial charge is 0.396 e. The Morgan fingerprint density at radius 1 is 1.32 bits per heavy atom. The number of hydrogen-bond donors (Lipinski definition) is 3. The van der Waals surface area contributed by atoms with Crippen molar-refractivity contribution in [2.75, 3.05) is 17.9 Å². The molecule has 0 heterocycles. The van der Waals surface area contributed by atoms with E-state index in [-0.39, 0.29) is 12.5 Å². The molecular weight excluding hydrogens is 264 g/mol. The maximum absolute atomic E-state index is 11.8. The molecule has 1 rings (SSSR count).